The van der Waals surface area contributed by atoms with Crippen LogP contribution >= 0.6 is 0 Å². The van der Waals surface area contributed by atoms with Gasteiger partial charge < -0.3 is 99.8 Å². The first-order chi connectivity index (χ1) is 35.6. The molecule has 76 heavy (non-hydrogen) atoms. The lowest BCUT2D eigenvalue weighted by Gasteiger charge is -2.72. The van der Waals surface area contributed by atoms with Gasteiger partial charge in [-0.2, -0.15) is 0 Å². The van der Waals surface area contributed by atoms with Crippen LogP contribution in [-0.2, 0) is 33.2 Å². The summed E-state index contributed by atoms with van der Waals surface area (Å²) in [4.78, 5) is 13.7. The number of carbonyl (C=O) groups excluding carboxylic acids is 1. The van der Waals surface area contributed by atoms with Crippen LogP contribution in [0.2, 0.25) is 0 Å². The van der Waals surface area contributed by atoms with Crippen molar-refractivity contribution in [1.29, 1.82) is 0 Å². The number of nitrogens with one attached hydrogen (secondary N) is 1. The van der Waals surface area contributed by atoms with E-state index in [4.69, 9.17) is 33.2 Å². The maximum absolute atomic E-state index is 13.7. The van der Waals surface area contributed by atoms with E-state index >= 15 is 0 Å². The molecule has 25 unspecified atom stereocenters. The molecular formula is C55H85NO20. The fourth-order valence-electron chi connectivity index (χ4n) is 16.1. The Bertz CT molecular complexity index is 2270. The van der Waals surface area contributed by atoms with Crippen LogP contribution < -0.4 is 5.32 Å². The van der Waals surface area contributed by atoms with E-state index in [9.17, 15) is 66.1 Å². The third kappa shape index (κ3) is 9.30. The molecule has 0 bridgehead atoms. The van der Waals surface area contributed by atoms with E-state index in [1.165, 1.54) is 0 Å². The lowest BCUT2D eigenvalue weighted by Crippen LogP contribution is -2.71. The van der Waals surface area contributed by atoms with Crippen molar-refractivity contribution in [2.45, 2.75) is 204 Å². The van der Waals surface area contributed by atoms with Gasteiger partial charge in [0.25, 0.3) is 0 Å². The van der Waals surface area contributed by atoms with Crippen LogP contribution in [0.15, 0.2) is 35.9 Å². The Labute approximate surface area is 444 Å². The second kappa shape index (κ2) is 21.1. The molecule has 25 atom stereocenters. The van der Waals surface area contributed by atoms with E-state index in [1.54, 1.807) is 25.2 Å². The van der Waals surface area contributed by atoms with Gasteiger partial charge in [0.15, 0.2) is 18.9 Å². The molecule has 5 aliphatic carbocycles. The summed E-state index contributed by atoms with van der Waals surface area (Å²) in [5, 5.41) is 136. The molecular weight excluding hydrogens is 995 g/mol. The van der Waals surface area contributed by atoms with Crippen LogP contribution in [0.1, 0.15) is 104 Å². The zero-order valence-electron chi connectivity index (χ0n) is 44.9. The molecule has 21 heteroatoms. The highest BCUT2D eigenvalue weighted by Gasteiger charge is 2.73. The highest BCUT2D eigenvalue weighted by Crippen LogP contribution is 2.76. The third-order valence-electron chi connectivity index (χ3n) is 20.9. The van der Waals surface area contributed by atoms with Crippen molar-refractivity contribution in [2.75, 3.05) is 38.8 Å². The van der Waals surface area contributed by atoms with Crippen molar-refractivity contribution in [3.05, 3.63) is 41.5 Å². The monoisotopic (exact) mass is 1080 g/mol. The van der Waals surface area contributed by atoms with Crippen LogP contribution in [0.25, 0.3) is 0 Å². The second-order valence-corrected chi connectivity index (χ2v) is 25.6. The van der Waals surface area contributed by atoms with Crippen molar-refractivity contribution in [3.63, 3.8) is 0 Å². The molecule has 1 aromatic rings. The number of aliphatic hydroxyl groups is 12. The van der Waals surface area contributed by atoms with Gasteiger partial charge in [0.05, 0.1) is 55.2 Å². The Kier molecular flexibility index (Phi) is 16.2. The molecule has 0 amide bonds. The van der Waals surface area contributed by atoms with Crippen molar-refractivity contribution >= 4 is 11.7 Å². The van der Waals surface area contributed by atoms with Crippen LogP contribution in [0.4, 0.5) is 5.69 Å². The first-order valence-corrected chi connectivity index (χ1v) is 27.2. The fraction of sp³-hybridized carbons (Fsp3) is 0.836. The molecule has 1 aromatic carbocycles. The zero-order valence-corrected chi connectivity index (χ0v) is 44.9. The molecule has 21 nitrogen and oxygen atoms in total. The van der Waals surface area contributed by atoms with Gasteiger partial charge in [-0.25, -0.2) is 4.79 Å². The zero-order chi connectivity index (χ0) is 55.4. The number of fused-ring (bicyclic) bond motifs is 7. The molecule has 7 fully saturated rings. The number of hydrogen-bond donors (Lipinski definition) is 13. The third-order valence-corrected chi connectivity index (χ3v) is 20.9. The van der Waals surface area contributed by atoms with Gasteiger partial charge in [-0.15, -0.1) is 0 Å². The second-order valence-electron chi connectivity index (χ2n) is 25.6. The number of carbonyl (C=O) groups is 1. The highest BCUT2D eigenvalue weighted by molar-refractivity contribution is 5.95. The van der Waals surface area contributed by atoms with Crippen LogP contribution in [0, 0.1) is 50.2 Å². The Morgan fingerprint density at radius 1 is 0.684 bits per heavy atom. The Morgan fingerprint density at radius 2 is 1.29 bits per heavy atom. The summed E-state index contributed by atoms with van der Waals surface area (Å²) in [6.07, 6.45) is -19.6. The van der Waals surface area contributed by atoms with E-state index in [1.807, 2.05) is 19.9 Å². The van der Waals surface area contributed by atoms with Crippen molar-refractivity contribution < 1.29 is 99.2 Å². The van der Waals surface area contributed by atoms with E-state index in [2.05, 4.69) is 46.0 Å². The molecule has 3 saturated heterocycles. The Morgan fingerprint density at radius 3 is 1.95 bits per heavy atom. The first-order valence-electron chi connectivity index (χ1n) is 27.2. The van der Waals surface area contributed by atoms with Crippen LogP contribution in [-0.4, -0.2) is 211 Å². The molecule has 430 valence electrons. The molecule has 9 rings (SSSR count). The molecule has 0 spiro atoms. The number of aliphatic hydroxyl groups excluding tert-OH is 12. The summed E-state index contributed by atoms with van der Waals surface area (Å²) in [5.41, 5.74) is -1.72. The number of anilines is 1. The largest absolute Gasteiger partial charge is 0.461 e. The maximum Gasteiger partial charge on any atom is 0.340 e. The number of hydrogen-bond acceptors (Lipinski definition) is 21. The minimum absolute atomic E-state index is 0.0945. The van der Waals surface area contributed by atoms with Gasteiger partial charge in [-0.1, -0.05) is 72.2 Å². The predicted molar refractivity (Wildman–Crippen MR) is 267 cm³/mol. The number of rotatable bonds is 12. The quantitative estimate of drug-likeness (QED) is 0.0748. The predicted octanol–water partition coefficient (Wildman–Crippen LogP) is 0.0718. The minimum Gasteiger partial charge on any atom is -0.461 e. The molecule has 0 radical (unpaired) electrons. The lowest BCUT2D eigenvalue weighted by atomic mass is 9.33. The van der Waals surface area contributed by atoms with E-state index < -0.39 is 157 Å². The molecule has 3 heterocycles. The number of ether oxygens (including phenoxy) is 7. The van der Waals surface area contributed by atoms with Gasteiger partial charge in [0, 0.05) is 12.7 Å². The summed E-state index contributed by atoms with van der Waals surface area (Å²) >= 11 is 0. The summed E-state index contributed by atoms with van der Waals surface area (Å²) in [6.45, 7) is 13.4. The smallest absolute Gasteiger partial charge is 0.340 e. The average Bonchev–Trinajstić information content (AvgIpc) is 3.48. The number of para-hydroxylation sites is 1. The van der Waals surface area contributed by atoms with Crippen molar-refractivity contribution in [3.8, 4) is 0 Å². The molecule has 0 aromatic heterocycles. The van der Waals surface area contributed by atoms with Crippen molar-refractivity contribution in [2.24, 2.45) is 50.2 Å². The molecule has 8 aliphatic rings. The fourth-order valence-corrected chi connectivity index (χ4v) is 16.1. The topological polar surface area (TPSA) is 336 Å². The number of allylic oxidation sites excluding steroid dienone is 2. The van der Waals surface area contributed by atoms with Gasteiger partial charge >= 0.3 is 5.97 Å². The highest BCUT2D eigenvalue weighted by atomic mass is 16.7. The van der Waals surface area contributed by atoms with E-state index in [0.29, 0.717) is 24.1 Å². The summed E-state index contributed by atoms with van der Waals surface area (Å²) in [5.74, 6) is -0.776. The summed E-state index contributed by atoms with van der Waals surface area (Å²) in [6, 6.07) is 6.98. The molecule has 3 aliphatic heterocycles. The summed E-state index contributed by atoms with van der Waals surface area (Å²) in [7, 11) is 1.71. The Hall–Kier alpha value is -2.49. The lowest BCUT2D eigenvalue weighted by molar-refractivity contribution is -0.348. The van der Waals surface area contributed by atoms with Gasteiger partial charge in [-0.3, -0.25) is 0 Å². The Balaban J connectivity index is 0.894. The summed E-state index contributed by atoms with van der Waals surface area (Å²) < 4.78 is 41.2. The number of benzene rings is 1. The SMILES string of the molecule is CNc1ccccc1C(=O)OCC12C(O)CC3(C)C(=CCC4C5(C)CCC(OC6OC(COC7OC(COC8OCC(O)C(O)C8O)C(O)C(O)C7O)C(O)C(O)C6O)C(C)(C)C5CCC43C)C1CC(C)(C)C(O)C2O. The first kappa shape index (κ1) is 58.2. The van der Waals surface area contributed by atoms with Crippen molar-refractivity contribution in [1.82, 2.24) is 0 Å². The maximum atomic E-state index is 13.7. The normalized spacial score (nSPS) is 49.7. The van der Waals surface area contributed by atoms with Gasteiger partial charge in [-0.05, 0) is 102 Å². The minimum atomic E-state index is -1.80. The average molecular weight is 1080 g/mol. The van der Waals surface area contributed by atoms with E-state index in [0.717, 1.165) is 31.3 Å². The van der Waals surface area contributed by atoms with Gasteiger partial charge in [0.2, 0.25) is 0 Å². The van der Waals surface area contributed by atoms with E-state index in [-0.39, 0.29) is 42.3 Å². The molecule has 13 N–H and O–H groups in total. The van der Waals surface area contributed by atoms with Crippen LogP contribution in [0.5, 0.6) is 0 Å². The standard InChI is InChI=1S/C55H85NO20/c1-50(2)19-27-26-13-14-33-52(5)17-16-35(76-49-43(66)40(63)38(61)31(75-49)23-72-48-42(65)39(62)37(60)30(74-48)22-71-47-41(64)36(59)29(57)21-70-47)51(3,4)32(52)15-18-53(33,6)54(26,7)20-34(58)55(27,45(68)44(50)67)24-73-46(69)25-11-9-10-12-28(25)56-8/h9-13,27,29-45,47-49,56-68H,14-24H2,1-8H3. The number of esters is 1. The van der Waals surface area contributed by atoms with Crippen LogP contribution in [0.3, 0.4) is 0 Å². The van der Waals surface area contributed by atoms with Gasteiger partial charge in [0.1, 0.15) is 73.8 Å². The molecule has 4 saturated carbocycles.